The van der Waals surface area contributed by atoms with Gasteiger partial charge in [0, 0.05) is 38.7 Å². The third-order valence-electron chi connectivity index (χ3n) is 4.99. The Hall–Kier alpha value is -3.29. The summed E-state index contributed by atoms with van der Waals surface area (Å²) in [7, 11) is 0. The van der Waals surface area contributed by atoms with Gasteiger partial charge in [-0.05, 0) is 31.5 Å². The molecule has 1 heterocycles. The average Bonchev–Trinajstić information content (AvgIpc) is 2.78. The molecule has 0 spiro atoms. The van der Waals surface area contributed by atoms with Crippen LogP contribution in [0.4, 0.5) is 11.4 Å². The Morgan fingerprint density at radius 2 is 1.63 bits per heavy atom. The van der Waals surface area contributed by atoms with Crippen molar-refractivity contribution in [1.82, 2.24) is 4.90 Å². The number of rotatable bonds is 9. The molecule has 0 aliphatic carbocycles. The van der Waals surface area contributed by atoms with Crippen LogP contribution in [0.1, 0.15) is 19.8 Å². The fraction of sp³-hybridized carbons (Fsp3) is 0.409. The van der Waals surface area contributed by atoms with Gasteiger partial charge in [0.05, 0.1) is 18.1 Å². The number of carbonyl (C=O) groups is 1. The Morgan fingerprint density at radius 1 is 1.00 bits per heavy atom. The first kappa shape index (κ1) is 21.4. The number of carbonyl (C=O) groups excluding carboxylic acids is 1. The highest BCUT2D eigenvalue weighted by molar-refractivity contribution is 5.76. The van der Waals surface area contributed by atoms with E-state index in [0.29, 0.717) is 69.4 Å². The van der Waals surface area contributed by atoms with Crippen LogP contribution in [0.3, 0.4) is 0 Å². The topological polar surface area (TPSA) is 85.2 Å². The Labute approximate surface area is 176 Å². The third kappa shape index (κ3) is 5.40. The number of piperazine rings is 1. The predicted molar refractivity (Wildman–Crippen MR) is 114 cm³/mol. The molecule has 0 bridgehead atoms. The van der Waals surface area contributed by atoms with Crippen LogP contribution in [0.5, 0.6) is 11.5 Å². The van der Waals surface area contributed by atoms with Gasteiger partial charge in [0.15, 0.2) is 11.5 Å². The van der Waals surface area contributed by atoms with E-state index in [0.717, 1.165) is 0 Å². The van der Waals surface area contributed by atoms with E-state index in [2.05, 4.69) is 0 Å². The minimum atomic E-state index is -0.365. The van der Waals surface area contributed by atoms with Crippen molar-refractivity contribution >= 4 is 17.3 Å². The highest BCUT2D eigenvalue weighted by Gasteiger charge is 2.25. The van der Waals surface area contributed by atoms with E-state index < -0.39 is 0 Å². The maximum atomic E-state index is 12.5. The lowest BCUT2D eigenvalue weighted by molar-refractivity contribution is -0.384. The summed E-state index contributed by atoms with van der Waals surface area (Å²) in [6.07, 6.45) is 1.02. The van der Waals surface area contributed by atoms with Crippen LogP contribution in [0.2, 0.25) is 0 Å². The Balaban J connectivity index is 1.43. The lowest BCUT2D eigenvalue weighted by atomic mass is 10.2. The zero-order chi connectivity index (χ0) is 21.3. The van der Waals surface area contributed by atoms with Crippen molar-refractivity contribution in [3.8, 4) is 11.5 Å². The van der Waals surface area contributed by atoms with Crippen LogP contribution in [0.25, 0.3) is 0 Å². The van der Waals surface area contributed by atoms with Crippen molar-refractivity contribution in [3.05, 3.63) is 58.6 Å². The fourth-order valence-corrected chi connectivity index (χ4v) is 3.49. The van der Waals surface area contributed by atoms with Gasteiger partial charge >= 0.3 is 0 Å². The molecule has 1 aliphatic rings. The van der Waals surface area contributed by atoms with Crippen LogP contribution in [0.15, 0.2) is 48.5 Å². The van der Waals surface area contributed by atoms with Crippen LogP contribution < -0.4 is 14.4 Å². The van der Waals surface area contributed by atoms with E-state index in [-0.39, 0.29) is 16.5 Å². The molecule has 0 atom stereocenters. The molecule has 3 rings (SSSR count). The van der Waals surface area contributed by atoms with Gasteiger partial charge in [-0.3, -0.25) is 14.9 Å². The van der Waals surface area contributed by atoms with Crippen LogP contribution in [0, 0.1) is 10.1 Å². The first-order chi connectivity index (χ1) is 14.6. The average molecular weight is 413 g/mol. The van der Waals surface area contributed by atoms with Crippen molar-refractivity contribution in [1.29, 1.82) is 0 Å². The Bertz CT molecular complexity index is 865. The van der Waals surface area contributed by atoms with Gasteiger partial charge in [-0.25, -0.2) is 0 Å². The molecule has 1 aliphatic heterocycles. The number of benzene rings is 2. The Kier molecular flexibility index (Phi) is 7.48. The number of nitro groups is 1. The van der Waals surface area contributed by atoms with Crippen LogP contribution >= 0.6 is 0 Å². The molecule has 1 fully saturated rings. The predicted octanol–water partition coefficient (Wildman–Crippen LogP) is 3.50. The second-order valence-electron chi connectivity index (χ2n) is 6.95. The molecule has 0 aromatic heterocycles. The molecule has 2 aromatic carbocycles. The molecule has 1 saturated heterocycles. The summed E-state index contributed by atoms with van der Waals surface area (Å²) in [5.74, 6) is 1.47. The van der Waals surface area contributed by atoms with Crippen molar-refractivity contribution in [2.24, 2.45) is 0 Å². The van der Waals surface area contributed by atoms with Crippen molar-refractivity contribution in [3.63, 3.8) is 0 Å². The summed E-state index contributed by atoms with van der Waals surface area (Å²) in [5.41, 5.74) is 0.706. The lowest BCUT2D eigenvalue weighted by Gasteiger charge is -2.35. The standard InChI is InChI=1S/C22H27N3O5/c1-2-29-20-10-5-6-11-21(20)30-17-7-12-22(26)24-15-13-23(14-16-24)18-8-3-4-9-19(18)25(27)28/h3-6,8-11H,2,7,12-17H2,1H3. The van der Waals surface area contributed by atoms with Crippen LogP contribution in [-0.4, -0.2) is 55.1 Å². The molecular weight excluding hydrogens is 386 g/mol. The first-order valence-electron chi connectivity index (χ1n) is 10.2. The molecule has 1 amide bonds. The highest BCUT2D eigenvalue weighted by Crippen LogP contribution is 2.29. The summed E-state index contributed by atoms with van der Waals surface area (Å²) in [6, 6.07) is 14.2. The van der Waals surface area contributed by atoms with Gasteiger partial charge in [-0.1, -0.05) is 24.3 Å². The third-order valence-corrected chi connectivity index (χ3v) is 4.99. The maximum absolute atomic E-state index is 12.5. The van der Waals surface area contributed by atoms with Gasteiger partial charge in [-0.2, -0.15) is 0 Å². The maximum Gasteiger partial charge on any atom is 0.292 e. The summed E-state index contributed by atoms with van der Waals surface area (Å²) < 4.78 is 11.3. The first-order valence-corrected chi connectivity index (χ1v) is 10.2. The normalized spacial score (nSPS) is 13.8. The SMILES string of the molecule is CCOc1ccccc1OCCCC(=O)N1CCN(c2ccccc2[N+](=O)[O-])CC1. The fourth-order valence-electron chi connectivity index (χ4n) is 3.49. The largest absolute Gasteiger partial charge is 0.490 e. The second kappa shape index (κ2) is 10.5. The highest BCUT2D eigenvalue weighted by atomic mass is 16.6. The minimum Gasteiger partial charge on any atom is -0.490 e. The minimum absolute atomic E-state index is 0.0823. The van der Waals surface area contributed by atoms with E-state index in [1.807, 2.05) is 41.0 Å². The van der Waals surface area contributed by atoms with Gasteiger partial charge in [0.2, 0.25) is 5.91 Å². The van der Waals surface area contributed by atoms with Gasteiger partial charge < -0.3 is 19.3 Å². The van der Waals surface area contributed by atoms with E-state index >= 15 is 0 Å². The molecular formula is C22H27N3O5. The number of hydrogen-bond acceptors (Lipinski definition) is 6. The molecule has 30 heavy (non-hydrogen) atoms. The van der Waals surface area contributed by atoms with Gasteiger partial charge in [0.1, 0.15) is 5.69 Å². The summed E-state index contributed by atoms with van der Waals surface area (Å²) in [4.78, 5) is 27.2. The molecule has 0 N–H and O–H groups in total. The smallest absolute Gasteiger partial charge is 0.292 e. The lowest BCUT2D eigenvalue weighted by Crippen LogP contribution is -2.49. The monoisotopic (exact) mass is 413 g/mol. The molecule has 8 heteroatoms. The van der Waals surface area contributed by atoms with E-state index in [1.165, 1.54) is 6.07 Å². The zero-order valence-corrected chi connectivity index (χ0v) is 17.2. The van der Waals surface area contributed by atoms with E-state index in [1.54, 1.807) is 18.2 Å². The van der Waals surface area contributed by atoms with E-state index in [4.69, 9.17) is 9.47 Å². The zero-order valence-electron chi connectivity index (χ0n) is 17.2. The summed E-state index contributed by atoms with van der Waals surface area (Å²) in [6.45, 7) is 5.19. The number of nitrogens with zero attached hydrogens (tertiary/aromatic N) is 3. The molecule has 0 saturated carbocycles. The summed E-state index contributed by atoms with van der Waals surface area (Å²) >= 11 is 0. The number of hydrogen-bond donors (Lipinski definition) is 0. The number of nitro benzene ring substituents is 1. The van der Waals surface area contributed by atoms with Gasteiger partial charge in [0.25, 0.3) is 5.69 Å². The molecule has 160 valence electrons. The van der Waals surface area contributed by atoms with Crippen molar-refractivity contribution < 1.29 is 19.2 Å². The molecule has 2 aromatic rings. The quantitative estimate of drug-likeness (QED) is 0.355. The molecule has 8 nitrogen and oxygen atoms in total. The second-order valence-corrected chi connectivity index (χ2v) is 6.95. The molecule has 0 unspecified atom stereocenters. The summed E-state index contributed by atoms with van der Waals surface area (Å²) in [5, 5.41) is 11.2. The van der Waals surface area contributed by atoms with E-state index in [9.17, 15) is 14.9 Å². The van der Waals surface area contributed by atoms with Crippen molar-refractivity contribution in [2.75, 3.05) is 44.3 Å². The number of para-hydroxylation sites is 4. The Morgan fingerprint density at radius 3 is 2.30 bits per heavy atom. The number of amides is 1. The molecule has 0 radical (unpaired) electrons. The van der Waals surface area contributed by atoms with Crippen LogP contribution in [-0.2, 0) is 4.79 Å². The van der Waals surface area contributed by atoms with Crippen molar-refractivity contribution in [2.45, 2.75) is 19.8 Å². The number of anilines is 1. The van der Waals surface area contributed by atoms with Gasteiger partial charge in [-0.15, -0.1) is 0 Å². The number of ether oxygens (including phenoxy) is 2.